The molecule has 1 aromatic heterocycles. The molecule has 0 spiro atoms. The predicted octanol–water partition coefficient (Wildman–Crippen LogP) is 1.66. The van der Waals surface area contributed by atoms with E-state index in [9.17, 15) is 4.79 Å². The summed E-state index contributed by atoms with van der Waals surface area (Å²) < 4.78 is 1.75. The second kappa shape index (κ2) is 4.45. The first kappa shape index (κ1) is 11.5. The summed E-state index contributed by atoms with van der Waals surface area (Å²) in [4.78, 5) is 14.0. The Labute approximate surface area is 100 Å². The van der Waals surface area contributed by atoms with Gasteiger partial charge in [-0.2, -0.15) is 5.10 Å². The lowest BCUT2D eigenvalue weighted by Crippen LogP contribution is -2.30. The van der Waals surface area contributed by atoms with Crippen molar-refractivity contribution in [2.45, 2.75) is 32.2 Å². The highest BCUT2D eigenvalue weighted by molar-refractivity contribution is 6.21. The number of amides is 1. The third-order valence-electron chi connectivity index (χ3n) is 2.84. The zero-order chi connectivity index (χ0) is 11.7. The quantitative estimate of drug-likeness (QED) is 0.739. The number of alkyl halides is 1. The third kappa shape index (κ3) is 2.07. The second-order valence-electron chi connectivity index (χ2n) is 4.12. The summed E-state index contributed by atoms with van der Waals surface area (Å²) in [5.41, 5.74) is 1.55. The maximum atomic E-state index is 12.2. The molecule has 0 radical (unpaired) electrons. The number of likely N-dealkylation sites (tertiary alicyclic amines) is 1. The summed E-state index contributed by atoms with van der Waals surface area (Å²) in [6, 6.07) is 1.84. The van der Waals surface area contributed by atoms with Crippen LogP contribution in [-0.2, 0) is 6.54 Å². The Morgan fingerprint density at radius 2 is 2.44 bits per heavy atom. The Hall–Kier alpha value is -1.03. The Balaban J connectivity index is 2.20. The van der Waals surface area contributed by atoms with E-state index >= 15 is 0 Å². The van der Waals surface area contributed by atoms with Crippen LogP contribution in [0.3, 0.4) is 0 Å². The fourth-order valence-electron chi connectivity index (χ4n) is 2.02. The predicted molar refractivity (Wildman–Crippen MR) is 62.8 cm³/mol. The molecule has 0 N–H and O–H groups in total. The van der Waals surface area contributed by atoms with Crippen molar-refractivity contribution >= 4 is 17.5 Å². The van der Waals surface area contributed by atoms with Crippen molar-refractivity contribution < 1.29 is 4.79 Å². The molecule has 1 atom stereocenters. The van der Waals surface area contributed by atoms with E-state index in [2.05, 4.69) is 5.10 Å². The van der Waals surface area contributed by atoms with Crippen LogP contribution in [0.2, 0.25) is 0 Å². The monoisotopic (exact) mass is 241 g/mol. The van der Waals surface area contributed by atoms with Crippen LogP contribution in [0.1, 0.15) is 29.5 Å². The molecule has 0 aliphatic carbocycles. The van der Waals surface area contributed by atoms with Crippen molar-refractivity contribution in [3.63, 3.8) is 0 Å². The minimum absolute atomic E-state index is 0.0469. The van der Waals surface area contributed by atoms with Gasteiger partial charge in [0.2, 0.25) is 0 Å². The second-order valence-corrected chi connectivity index (χ2v) is 4.74. The number of rotatable bonds is 2. The zero-order valence-electron chi connectivity index (χ0n) is 9.61. The summed E-state index contributed by atoms with van der Waals surface area (Å²) >= 11 is 6.00. The van der Waals surface area contributed by atoms with Gasteiger partial charge in [0, 0.05) is 19.6 Å². The Kier molecular flexibility index (Phi) is 3.19. The zero-order valence-corrected chi connectivity index (χ0v) is 10.4. The topological polar surface area (TPSA) is 38.1 Å². The molecule has 88 valence electrons. The van der Waals surface area contributed by atoms with E-state index in [-0.39, 0.29) is 11.3 Å². The molecule has 1 aromatic rings. The van der Waals surface area contributed by atoms with Gasteiger partial charge in [0.15, 0.2) is 0 Å². The number of carbonyl (C=O) groups is 1. The lowest BCUT2D eigenvalue weighted by Gasteiger charge is -2.15. The number of halogens is 1. The van der Waals surface area contributed by atoms with Gasteiger partial charge in [-0.25, -0.2) is 0 Å². The molecule has 1 amide bonds. The standard InChI is InChI=1S/C11H16ClN3O/c1-3-15-10(6-8(2)13-15)11(16)14-5-4-9(12)7-14/h6,9H,3-5,7H2,1-2H3. The van der Waals surface area contributed by atoms with Crippen LogP contribution in [-0.4, -0.2) is 39.1 Å². The molecule has 0 bridgehead atoms. The first-order valence-corrected chi connectivity index (χ1v) is 6.03. The normalized spacial score (nSPS) is 20.4. The van der Waals surface area contributed by atoms with Crippen LogP contribution in [0, 0.1) is 6.92 Å². The Morgan fingerprint density at radius 3 is 3.00 bits per heavy atom. The van der Waals surface area contributed by atoms with E-state index in [0.29, 0.717) is 18.8 Å². The minimum Gasteiger partial charge on any atom is -0.336 e. The van der Waals surface area contributed by atoms with E-state index in [0.717, 1.165) is 18.7 Å². The van der Waals surface area contributed by atoms with Crippen molar-refractivity contribution in [1.29, 1.82) is 0 Å². The fourth-order valence-corrected chi connectivity index (χ4v) is 2.29. The number of aryl methyl sites for hydroxylation is 2. The van der Waals surface area contributed by atoms with E-state index in [4.69, 9.17) is 11.6 Å². The highest BCUT2D eigenvalue weighted by Gasteiger charge is 2.27. The molecule has 0 aromatic carbocycles. The lowest BCUT2D eigenvalue weighted by atomic mass is 10.3. The summed E-state index contributed by atoms with van der Waals surface area (Å²) in [5, 5.41) is 4.38. The van der Waals surface area contributed by atoms with Gasteiger partial charge in [-0.3, -0.25) is 9.48 Å². The van der Waals surface area contributed by atoms with Crippen LogP contribution >= 0.6 is 11.6 Å². The van der Waals surface area contributed by atoms with Crippen molar-refractivity contribution in [2.24, 2.45) is 0 Å². The van der Waals surface area contributed by atoms with Crippen LogP contribution in [0.15, 0.2) is 6.07 Å². The smallest absolute Gasteiger partial charge is 0.272 e. The van der Waals surface area contributed by atoms with Crippen LogP contribution in [0.4, 0.5) is 0 Å². The average Bonchev–Trinajstić information content (AvgIpc) is 2.83. The number of nitrogens with zero attached hydrogens (tertiary/aromatic N) is 3. The van der Waals surface area contributed by atoms with E-state index in [1.54, 1.807) is 9.58 Å². The molecular weight excluding hydrogens is 226 g/mol. The molecule has 5 heteroatoms. The highest BCUT2D eigenvalue weighted by Crippen LogP contribution is 2.17. The summed E-state index contributed by atoms with van der Waals surface area (Å²) in [5.74, 6) is 0.0469. The molecule has 2 heterocycles. The largest absolute Gasteiger partial charge is 0.336 e. The molecule has 4 nitrogen and oxygen atoms in total. The molecule has 16 heavy (non-hydrogen) atoms. The highest BCUT2D eigenvalue weighted by atomic mass is 35.5. The molecule has 1 aliphatic heterocycles. The Morgan fingerprint density at radius 1 is 1.69 bits per heavy atom. The van der Waals surface area contributed by atoms with E-state index < -0.39 is 0 Å². The third-order valence-corrected chi connectivity index (χ3v) is 3.19. The van der Waals surface area contributed by atoms with Crippen molar-refractivity contribution in [3.05, 3.63) is 17.5 Å². The van der Waals surface area contributed by atoms with Gasteiger partial charge in [-0.1, -0.05) is 0 Å². The van der Waals surface area contributed by atoms with Gasteiger partial charge in [-0.05, 0) is 26.3 Å². The molecule has 1 saturated heterocycles. The molecule has 1 aliphatic rings. The van der Waals surface area contributed by atoms with Crippen molar-refractivity contribution in [3.8, 4) is 0 Å². The van der Waals surface area contributed by atoms with Crippen molar-refractivity contribution in [2.75, 3.05) is 13.1 Å². The maximum absolute atomic E-state index is 12.2. The van der Waals surface area contributed by atoms with Crippen molar-refractivity contribution in [1.82, 2.24) is 14.7 Å². The number of carbonyl (C=O) groups excluding carboxylic acids is 1. The molecule has 0 saturated carbocycles. The molecule has 1 unspecified atom stereocenters. The van der Waals surface area contributed by atoms with Gasteiger partial charge in [0.1, 0.15) is 5.69 Å². The average molecular weight is 242 g/mol. The van der Waals surface area contributed by atoms with Crippen LogP contribution in [0.5, 0.6) is 0 Å². The molecular formula is C11H16ClN3O. The first-order valence-electron chi connectivity index (χ1n) is 5.59. The summed E-state index contributed by atoms with van der Waals surface area (Å²) in [7, 11) is 0. The molecule has 2 rings (SSSR count). The number of aromatic nitrogens is 2. The van der Waals surface area contributed by atoms with Gasteiger partial charge < -0.3 is 4.90 Å². The number of hydrogen-bond acceptors (Lipinski definition) is 2. The van der Waals surface area contributed by atoms with Gasteiger partial charge in [-0.15, -0.1) is 11.6 Å². The minimum atomic E-state index is 0.0469. The Bertz CT molecular complexity index is 402. The first-order chi connectivity index (χ1) is 7.61. The molecule has 1 fully saturated rings. The fraction of sp³-hybridized carbons (Fsp3) is 0.636. The van der Waals surface area contributed by atoms with Crippen LogP contribution in [0.25, 0.3) is 0 Å². The SMILES string of the molecule is CCn1nc(C)cc1C(=O)N1CCC(Cl)C1. The van der Waals surface area contributed by atoms with E-state index in [1.807, 2.05) is 19.9 Å². The van der Waals surface area contributed by atoms with Crippen LogP contribution < -0.4 is 0 Å². The van der Waals surface area contributed by atoms with Gasteiger partial charge in [0.25, 0.3) is 5.91 Å². The summed E-state index contributed by atoms with van der Waals surface area (Å²) in [6.45, 7) is 6.00. The lowest BCUT2D eigenvalue weighted by molar-refractivity contribution is 0.0781. The number of hydrogen-bond donors (Lipinski definition) is 0. The van der Waals surface area contributed by atoms with Gasteiger partial charge >= 0.3 is 0 Å². The van der Waals surface area contributed by atoms with Gasteiger partial charge in [0.05, 0.1) is 11.1 Å². The van der Waals surface area contributed by atoms with E-state index in [1.165, 1.54) is 0 Å². The summed E-state index contributed by atoms with van der Waals surface area (Å²) in [6.07, 6.45) is 0.881. The maximum Gasteiger partial charge on any atom is 0.272 e.